The lowest BCUT2D eigenvalue weighted by molar-refractivity contribution is 0.0429. The summed E-state index contributed by atoms with van der Waals surface area (Å²) in [5.74, 6) is 0. The van der Waals surface area contributed by atoms with Crippen molar-refractivity contribution in [2.45, 2.75) is 63.8 Å². The van der Waals surface area contributed by atoms with Crippen LogP contribution in [0.1, 0.15) is 40.0 Å². The first kappa shape index (κ1) is 13.3. The summed E-state index contributed by atoms with van der Waals surface area (Å²) in [5.41, 5.74) is 5.19. The van der Waals surface area contributed by atoms with E-state index < -0.39 is 17.8 Å². The van der Waals surface area contributed by atoms with Crippen LogP contribution in [0.15, 0.2) is 0 Å². The average molecular weight is 230 g/mol. The third kappa shape index (κ3) is 4.37. The molecule has 0 aliphatic heterocycles. The summed E-state index contributed by atoms with van der Waals surface area (Å²) >= 11 is 0. The minimum Gasteiger partial charge on any atom is -0.444 e. The van der Waals surface area contributed by atoms with Crippen molar-refractivity contribution in [1.82, 2.24) is 5.32 Å². The van der Waals surface area contributed by atoms with Crippen molar-refractivity contribution >= 4 is 6.09 Å². The number of aliphatic hydroxyl groups is 1. The lowest BCUT2D eigenvalue weighted by atomic mass is 9.89. The highest BCUT2D eigenvalue weighted by Crippen LogP contribution is 2.18. The topological polar surface area (TPSA) is 84.6 Å². The Hall–Kier alpha value is -0.810. The Morgan fingerprint density at radius 3 is 2.56 bits per heavy atom. The predicted molar refractivity (Wildman–Crippen MR) is 61.0 cm³/mol. The number of carbonyl (C=O) groups is 1. The van der Waals surface area contributed by atoms with Gasteiger partial charge in [0.1, 0.15) is 5.60 Å². The Morgan fingerprint density at radius 2 is 2.06 bits per heavy atom. The van der Waals surface area contributed by atoms with Crippen molar-refractivity contribution in [3.63, 3.8) is 0 Å². The Balaban J connectivity index is 2.35. The zero-order valence-corrected chi connectivity index (χ0v) is 10.2. The summed E-state index contributed by atoms with van der Waals surface area (Å²) in [6.45, 7) is 5.45. The van der Waals surface area contributed by atoms with Gasteiger partial charge < -0.3 is 20.9 Å². The number of aliphatic hydroxyl groups excluding tert-OH is 1. The van der Waals surface area contributed by atoms with Crippen LogP contribution in [0.25, 0.3) is 0 Å². The SMILES string of the molecule is CC(C)(C)OC(=O)N[C@H]1CC[C@H](N)[C@H](O)C1. The van der Waals surface area contributed by atoms with E-state index in [0.29, 0.717) is 6.42 Å². The van der Waals surface area contributed by atoms with Crippen LogP contribution in [-0.2, 0) is 4.74 Å². The van der Waals surface area contributed by atoms with Crippen molar-refractivity contribution in [1.29, 1.82) is 0 Å². The van der Waals surface area contributed by atoms with Gasteiger partial charge in [-0.1, -0.05) is 0 Å². The molecule has 1 fully saturated rings. The van der Waals surface area contributed by atoms with E-state index in [1.165, 1.54) is 0 Å². The second-order valence-corrected chi connectivity index (χ2v) is 5.39. The summed E-state index contributed by atoms with van der Waals surface area (Å²) in [4.78, 5) is 11.5. The summed E-state index contributed by atoms with van der Waals surface area (Å²) in [7, 11) is 0. The fourth-order valence-corrected chi connectivity index (χ4v) is 1.78. The molecule has 0 spiro atoms. The monoisotopic (exact) mass is 230 g/mol. The predicted octanol–water partition coefficient (Wildman–Crippen LogP) is 0.752. The van der Waals surface area contributed by atoms with Crippen LogP contribution in [0.2, 0.25) is 0 Å². The van der Waals surface area contributed by atoms with E-state index in [2.05, 4.69) is 5.32 Å². The molecule has 1 amide bonds. The van der Waals surface area contributed by atoms with Gasteiger partial charge in [-0.3, -0.25) is 0 Å². The van der Waals surface area contributed by atoms with Gasteiger partial charge in [0.25, 0.3) is 0 Å². The third-order valence-electron chi connectivity index (χ3n) is 2.59. The molecule has 1 rings (SSSR count). The molecule has 1 saturated carbocycles. The van der Waals surface area contributed by atoms with E-state index in [9.17, 15) is 9.90 Å². The van der Waals surface area contributed by atoms with Crippen LogP contribution < -0.4 is 11.1 Å². The Labute approximate surface area is 96.3 Å². The van der Waals surface area contributed by atoms with E-state index in [4.69, 9.17) is 10.5 Å². The van der Waals surface area contributed by atoms with Crippen molar-refractivity contribution in [2.75, 3.05) is 0 Å². The van der Waals surface area contributed by atoms with E-state index in [0.717, 1.165) is 12.8 Å². The lowest BCUT2D eigenvalue weighted by Crippen LogP contribution is -2.48. The first-order valence-electron chi connectivity index (χ1n) is 5.71. The van der Waals surface area contributed by atoms with Gasteiger partial charge in [0, 0.05) is 12.1 Å². The molecule has 16 heavy (non-hydrogen) atoms. The molecule has 1 aliphatic rings. The smallest absolute Gasteiger partial charge is 0.407 e. The standard InChI is InChI=1S/C11H22N2O3/c1-11(2,3)16-10(15)13-7-4-5-8(12)9(14)6-7/h7-9,14H,4-6,12H2,1-3H3,(H,13,15)/t7-,8-,9+/m0/s1. The minimum atomic E-state index is -0.534. The van der Waals surface area contributed by atoms with E-state index in [1.54, 1.807) is 0 Å². The average Bonchev–Trinajstić information content (AvgIpc) is 2.08. The second kappa shape index (κ2) is 5.01. The molecule has 0 radical (unpaired) electrons. The molecule has 94 valence electrons. The number of nitrogens with two attached hydrogens (primary N) is 1. The van der Waals surface area contributed by atoms with Crippen molar-refractivity contribution in [3.8, 4) is 0 Å². The van der Waals surface area contributed by atoms with Crippen molar-refractivity contribution in [2.24, 2.45) is 5.73 Å². The first-order valence-corrected chi connectivity index (χ1v) is 5.71. The fourth-order valence-electron chi connectivity index (χ4n) is 1.78. The summed E-state index contributed by atoms with van der Waals surface area (Å²) < 4.78 is 5.14. The Morgan fingerprint density at radius 1 is 1.44 bits per heavy atom. The van der Waals surface area contributed by atoms with Crippen LogP contribution in [0, 0.1) is 0 Å². The van der Waals surface area contributed by atoms with Gasteiger partial charge in [0.2, 0.25) is 0 Å². The molecule has 4 N–H and O–H groups in total. The van der Waals surface area contributed by atoms with Gasteiger partial charge in [-0.2, -0.15) is 0 Å². The molecule has 1 aliphatic carbocycles. The molecule has 3 atom stereocenters. The molecule has 0 aromatic heterocycles. The Bertz CT molecular complexity index is 250. The minimum absolute atomic E-state index is 0.0374. The normalized spacial score (nSPS) is 30.9. The highest BCUT2D eigenvalue weighted by Gasteiger charge is 2.28. The maximum absolute atomic E-state index is 11.5. The van der Waals surface area contributed by atoms with Gasteiger partial charge in [-0.05, 0) is 40.0 Å². The van der Waals surface area contributed by atoms with Gasteiger partial charge in [0.05, 0.1) is 6.10 Å². The second-order valence-electron chi connectivity index (χ2n) is 5.39. The molecule has 5 heteroatoms. The molecular formula is C11H22N2O3. The van der Waals surface area contributed by atoms with Crippen LogP contribution in [0.5, 0.6) is 0 Å². The van der Waals surface area contributed by atoms with Gasteiger partial charge >= 0.3 is 6.09 Å². The number of nitrogens with one attached hydrogen (secondary N) is 1. The van der Waals surface area contributed by atoms with E-state index in [1.807, 2.05) is 20.8 Å². The largest absolute Gasteiger partial charge is 0.444 e. The maximum atomic E-state index is 11.5. The lowest BCUT2D eigenvalue weighted by Gasteiger charge is -2.31. The number of amides is 1. The van der Waals surface area contributed by atoms with Crippen molar-refractivity contribution < 1.29 is 14.6 Å². The van der Waals surface area contributed by atoms with Crippen LogP contribution in [0.3, 0.4) is 0 Å². The molecule has 0 heterocycles. The molecule has 0 unspecified atom stereocenters. The summed E-state index contributed by atoms with van der Waals surface area (Å²) in [6, 6.07) is -0.207. The van der Waals surface area contributed by atoms with Crippen LogP contribution in [-0.4, -0.2) is 35.0 Å². The van der Waals surface area contributed by atoms with Gasteiger partial charge in [-0.25, -0.2) is 4.79 Å². The molecular weight excluding hydrogens is 208 g/mol. The maximum Gasteiger partial charge on any atom is 0.407 e. The Kier molecular flexibility index (Phi) is 4.15. The quantitative estimate of drug-likeness (QED) is 0.620. The molecule has 0 bridgehead atoms. The number of ether oxygens (including phenoxy) is 1. The fraction of sp³-hybridized carbons (Fsp3) is 0.909. The third-order valence-corrected chi connectivity index (χ3v) is 2.59. The van der Waals surface area contributed by atoms with Crippen molar-refractivity contribution in [3.05, 3.63) is 0 Å². The van der Waals surface area contributed by atoms with Gasteiger partial charge in [0.15, 0.2) is 0 Å². The molecule has 0 aromatic rings. The van der Waals surface area contributed by atoms with E-state index >= 15 is 0 Å². The van der Waals surface area contributed by atoms with Gasteiger partial charge in [-0.15, -0.1) is 0 Å². The number of rotatable bonds is 1. The summed E-state index contributed by atoms with van der Waals surface area (Å²) in [5, 5.41) is 12.3. The van der Waals surface area contributed by atoms with Crippen LogP contribution in [0.4, 0.5) is 4.79 Å². The number of alkyl carbamates (subject to hydrolysis) is 1. The number of hydrogen-bond acceptors (Lipinski definition) is 4. The molecule has 0 saturated heterocycles. The highest BCUT2D eigenvalue weighted by atomic mass is 16.6. The number of carbonyl (C=O) groups excluding carboxylic acids is 1. The highest BCUT2D eigenvalue weighted by molar-refractivity contribution is 5.68. The number of hydrogen-bond donors (Lipinski definition) is 3. The molecule has 0 aromatic carbocycles. The first-order chi connectivity index (χ1) is 7.28. The summed E-state index contributed by atoms with van der Waals surface area (Å²) in [6.07, 6.45) is 1.05. The van der Waals surface area contributed by atoms with Crippen LogP contribution >= 0.6 is 0 Å². The van der Waals surface area contributed by atoms with E-state index in [-0.39, 0.29) is 12.1 Å². The molecule has 5 nitrogen and oxygen atoms in total. The zero-order chi connectivity index (χ0) is 12.3. The zero-order valence-electron chi connectivity index (χ0n) is 10.2.